The van der Waals surface area contributed by atoms with Crippen molar-refractivity contribution in [1.29, 1.82) is 0 Å². The van der Waals surface area contributed by atoms with Crippen molar-refractivity contribution >= 4 is 85.3 Å². The van der Waals surface area contributed by atoms with Crippen LogP contribution in [0.25, 0.3) is 0 Å². The number of para-hydroxylation sites is 1. The number of amides is 1. The minimum atomic E-state index is -4.93. The highest BCUT2D eigenvalue weighted by Gasteiger charge is 2.46. The number of anilines is 1. The molecule has 2 aliphatic heterocycles. The van der Waals surface area contributed by atoms with Gasteiger partial charge in [-0.2, -0.15) is 46.7 Å². The summed E-state index contributed by atoms with van der Waals surface area (Å²) in [6.07, 6.45) is 5.28. The normalized spacial score (nSPS) is 19.0. The van der Waals surface area contributed by atoms with Gasteiger partial charge in [0.05, 0.1) is 33.5 Å². The Hall–Kier alpha value is -4.45. The molecule has 27 heteroatoms. The van der Waals surface area contributed by atoms with Gasteiger partial charge in [0, 0.05) is 60.3 Å². The molecule has 0 fully saturated rings. The summed E-state index contributed by atoms with van der Waals surface area (Å²) in [6, 6.07) is 9.23. The molecule has 0 spiro atoms. The third-order valence-electron chi connectivity index (χ3n) is 11.8. The summed E-state index contributed by atoms with van der Waals surface area (Å²) in [5.41, 5.74) is 2.26. The van der Waals surface area contributed by atoms with Gasteiger partial charge in [-0.1, -0.05) is 37.1 Å². The van der Waals surface area contributed by atoms with Crippen molar-refractivity contribution in [3.8, 4) is 0 Å². The number of rotatable bonds is 26. The second-order valence-corrected chi connectivity index (χ2v) is 25.0. The van der Waals surface area contributed by atoms with Crippen molar-refractivity contribution in [2.45, 2.75) is 93.9 Å². The average molecular weight is 1060 g/mol. The number of fused-ring (bicyclic) bond motifs is 2. The minimum absolute atomic E-state index is 0.0123. The number of Topliss-reactive ketones (excluding diaryl/α,β-unsaturated/α-hetero) is 1. The second-order valence-electron chi connectivity index (χ2n) is 17.4. The van der Waals surface area contributed by atoms with E-state index < -0.39 is 125 Å². The van der Waals surface area contributed by atoms with Crippen LogP contribution in [-0.4, -0.2) is 140 Å². The first-order chi connectivity index (χ1) is 31.1. The third kappa shape index (κ3) is 15.5. The lowest BCUT2D eigenvalue weighted by atomic mass is 9.77. The van der Waals surface area contributed by atoms with Gasteiger partial charge in [-0.15, -0.1) is 0 Å². The van der Waals surface area contributed by atoms with E-state index in [1.54, 1.807) is 29.3 Å². The zero-order chi connectivity index (χ0) is 51.3. The van der Waals surface area contributed by atoms with E-state index in [1.165, 1.54) is 18.2 Å². The van der Waals surface area contributed by atoms with E-state index in [0.717, 1.165) is 17.0 Å². The molecule has 0 aromatic heterocycles. The van der Waals surface area contributed by atoms with Crippen molar-refractivity contribution in [2.24, 2.45) is 5.92 Å². The maximum atomic E-state index is 13.1. The van der Waals surface area contributed by atoms with Crippen LogP contribution in [0.1, 0.15) is 83.3 Å². The Balaban J connectivity index is 1.67. The van der Waals surface area contributed by atoms with Crippen LogP contribution >= 0.6 is 0 Å². The minimum Gasteiger partial charge on any atom is -0.480 e. The van der Waals surface area contributed by atoms with Crippen LogP contribution in [-0.2, 0) is 75.8 Å². The largest absolute Gasteiger partial charge is 0.480 e. The number of carbonyl (C=O) groups excluding carboxylic acids is 2. The highest BCUT2D eigenvalue weighted by Crippen LogP contribution is 2.51. The zero-order valence-corrected chi connectivity index (χ0v) is 41.3. The smallest absolute Gasteiger partial charge is 0.327 e. The Kier molecular flexibility index (Phi) is 17.9. The van der Waals surface area contributed by atoms with Gasteiger partial charge in [-0.25, -0.2) is 4.79 Å². The quantitative estimate of drug-likeness (QED) is 0.0404. The van der Waals surface area contributed by atoms with Crippen LogP contribution in [0.2, 0.25) is 0 Å². The molecule has 2 heterocycles. The summed E-state index contributed by atoms with van der Waals surface area (Å²) in [6.45, 7) is 5.98. The van der Waals surface area contributed by atoms with Gasteiger partial charge in [0.1, 0.15) is 24.1 Å². The number of unbranched alkanes of at least 4 members (excludes halogenated alkanes) is 2. The topological polar surface area (TPSA) is 362 Å². The number of nitrogens with one attached hydrogen (secondary N) is 1. The molecule has 0 saturated carbocycles. The number of ketones is 1. The van der Waals surface area contributed by atoms with Gasteiger partial charge >= 0.3 is 5.97 Å². The van der Waals surface area contributed by atoms with E-state index >= 15 is 0 Å². The maximum absolute atomic E-state index is 13.1. The lowest BCUT2D eigenvalue weighted by molar-refractivity contribution is -0.437. The van der Waals surface area contributed by atoms with Crippen molar-refractivity contribution in [3.63, 3.8) is 0 Å². The van der Waals surface area contributed by atoms with Crippen molar-refractivity contribution in [1.82, 2.24) is 5.32 Å². The summed E-state index contributed by atoms with van der Waals surface area (Å²) in [7, 11) is -23.2. The van der Waals surface area contributed by atoms with Crippen LogP contribution < -0.4 is 10.2 Å². The summed E-state index contributed by atoms with van der Waals surface area (Å²) in [4.78, 5) is 38.8. The van der Waals surface area contributed by atoms with Gasteiger partial charge in [-0.05, 0) is 69.9 Å². The Morgan fingerprint density at radius 2 is 1.37 bits per heavy atom. The fraction of sp³-hybridized carbons (Fsp3) is 0.512. The molecule has 1 amide bonds. The monoisotopic (exact) mass is 1050 g/mol. The summed E-state index contributed by atoms with van der Waals surface area (Å²) in [5.74, 6) is -9.68. The molecular formula is C41H56N3O19S5+. The third-order valence-corrected chi connectivity index (χ3v) is 15.8. The van der Waals surface area contributed by atoms with Crippen LogP contribution in [0.15, 0.2) is 71.3 Å². The molecule has 3 atom stereocenters. The SMILES string of the molecule is CC1(C)C(/C=C/C=C2/N(CCCS(=O)(=O)O)c3ccc(S(=O)(=O)O)cc3C2(C)CCCCCC(=O)CC(CS(=O)(=O)O)C(=O)NC(CS(=O)(=O)O)C(=O)O)=[N+](CCCS(=O)(=O)O)c2ccccc21. The summed E-state index contributed by atoms with van der Waals surface area (Å²) in [5, 5.41) is 11.1. The zero-order valence-electron chi connectivity index (χ0n) is 37.3. The highest BCUT2D eigenvalue weighted by molar-refractivity contribution is 7.86. The Labute approximate surface area is 396 Å². The van der Waals surface area contributed by atoms with Crippen LogP contribution in [0, 0.1) is 5.92 Å². The van der Waals surface area contributed by atoms with E-state index in [0.29, 0.717) is 29.8 Å². The van der Waals surface area contributed by atoms with Gasteiger partial charge in [0.2, 0.25) is 11.6 Å². The Bertz CT molecular complexity index is 2950. The molecule has 378 valence electrons. The molecule has 4 rings (SSSR count). The van der Waals surface area contributed by atoms with Crippen molar-refractivity contribution in [3.05, 3.63) is 77.5 Å². The first-order valence-electron chi connectivity index (χ1n) is 21.0. The van der Waals surface area contributed by atoms with Gasteiger partial charge in [0.25, 0.3) is 50.6 Å². The van der Waals surface area contributed by atoms with Gasteiger partial charge < -0.3 is 15.3 Å². The Morgan fingerprint density at radius 1 is 0.750 bits per heavy atom. The maximum Gasteiger partial charge on any atom is 0.327 e. The molecule has 2 aromatic rings. The fourth-order valence-corrected chi connectivity index (χ4v) is 11.5. The fourth-order valence-electron chi connectivity index (χ4n) is 8.63. The molecule has 22 nitrogen and oxygen atoms in total. The molecule has 7 N–H and O–H groups in total. The summed E-state index contributed by atoms with van der Waals surface area (Å²) >= 11 is 0. The molecular weight excluding hydrogens is 999 g/mol. The van der Waals surface area contributed by atoms with E-state index in [2.05, 4.69) is 0 Å². The van der Waals surface area contributed by atoms with Crippen molar-refractivity contribution < 1.29 is 88.9 Å². The number of carboxylic acid groups (broad SMARTS) is 1. The molecule has 0 bridgehead atoms. The summed E-state index contributed by atoms with van der Waals surface area (Å²) < 4.78 is 167. The number of carboxylic acids is 1. The second kappa shape index (κ2) is 21.7. The predicted molar refractivity (Wildman–Crippen MR) is 248 cm³/mol. The molecule has 2 aliphatic rings. The van der Waals surface area contributed by atoms with E-state index in [1.807, 2.05) is 48.8 Å². The number of carbonyl (C=O) groups is 3. The lowest BCUT2D eigenvalue weighted by Crippen LogP contribution is -2.48. The van der Waals surface area contributed by atoms with Crippen LogP contribution in [0.5, 0.6) is 0 Å². The molecule has 3 unspecified atom stereocenters. The van der Waals surface area contributed by atoms with Crippen LogP contribution in [0.3, 0.4) is 0 Å². The average Bonchev–Trinajstić information content (AvgIpc) is 3.54. The molecule has 68 heavy (non-hydrogen) atoms. The predicted octanol–water partition coefficient (Wildman–Crippen LogP) is 2.95. The number of allylic oxidation sites excluding steroid dienone is 4. The van der Waals surface area contributed by atoms with E-state index in [-0.39, 0.29) is 45.2 Å². The number of nitrogens with zero attached hydrogens (tertiary/aromatic N) is 2. The standard InChI is InChI=1S/C41H55N3O19S5/c1-40(2)31-13-6-7-14-34(31)43(20-10-22-64(49,50)51)36(40)15-9-16-37-41(3,32-25-30(68(61,62)63)17-18-35(32)44(37)21-11-23-65(52,53)54)19-8-4-5-12-29(45)24-28(26-66(55,56)57)38(46)42-33(39(47)48)27-67(58,59)60/h6-7,9,13-18,25,28,33H,4-5,8,10-12,19-24,26-27H2,1-3H3,(H6-,42,46,47,48,49,50,51,52,53,54,55,56,57,58,59,60,61,62,63)/p+1. The molecule has 2 aromatic carbocycles. The lowest BCUT2D eigenvalue weighted by Gasteiger charge is -2.30. The first-order valence-corrected chi connectivity index (χ1v) is 28.9. The highest BCUT2D eigenvalue weighted by atomic mass is 32.2. The number of hydrogen-bond acceptors (Lipinski definition) is 14. The number of aliphatic carboxylic acids is 1. The Morgan fingerprint density at radius 3 is 1.96 bits per heavy atom. The first kappa shape index (κ1) is 56.1. The molecule has 0 radical (unpaired) electrons. The number of hydrogen-bond donors (Lipinski definition) is 7. The van der Waals surface area contributed by atoms with Crippen LogP contribution in [0.4, 0.5) is 11.4 Å². The van der Waals surface area contributed by atoms with E-state index in [9.17, 15) is 79.8 Å². The number of benzene rings is 2. The van der Waals surface area contributed by atoms with Gasteiger partial charge in [-0.3, -0.25) is 32.4 Å². The molecule has 0 aliphatic carbocycles. The van der Waals surface area contributed by atoms with Gasteiger partial charge in [0.15, 0.2) is 5.71 Å². The van der Waals surface area contributed by atoms with E-state index in [4.69, 9.17) is 4.55 Å². The molecule has 0 saturated heterocycles. The van der Waals surface area contributed by atoms with Crippen molar-refractivity contribution in [2.75, 3.05) is 41.0 Å².